The van der Waals surface area contributed by atoms with Crippen molar-refractivity contribution in [2.75, 3.05) is 0 Å². The van der Waals surface area contributed by atoms with Crippen LogP contribution in [-0.4, -0.2) is 5.11 Å². The van der Waals surface area contributed by atoms with Gasteiger partial charge in [-0.05, 0) is 37.1 Å². The molecule has 0 bridgehead atoms. The third kappa shape index (κ3) is 1.64. The highest BCUT2D eigenvalue weighted by Crippen LogP contribution is 2.31. The highest BCUT2D eigenvalue weighted by Gasteiger charge is 2.20. The maximum Gasteiger partial charge on any atom is 0.169 e. The van der Waals surface area contributed by atoms with Crippen LogP contribution >= 0.6 is 0 Å². The van der Waals surface area contributed by atoms with Gasteiger partial charge in [0.05, 0.1) is 6.26 Å². The predicted molar refractivity (Wildman–Crippen MR) is 68.5 cm³/mol. The number of aliphatic hydroxyl groups excluding tert-OH is 1. The molecule has 3 rings (SSSR count). The monoisotopic (exact) mass is 242 g/mol. The Bertz CT molecular complexity index is 691. The summed E-state index contributed by atoms with van der Waals surface area (Å²) in [6, 6.07) is 9.61. The molecule has 0 aliphatic rings. The Morgan fingerprint density at radius 2 is 1.94 bits per heavy atom. The topological polar surface area (TPSA) is 46.5 Å². The molecule has 0 radical (unpaired) electrons. The number of aliphatic hydroxyl groups is 1. The Labute approximate surface area is 105 Å². The van der Waals surface area contributed by atoms with E-state index < -0.39 is 6.10 Å². The van der Waals surface area contributed by atoms with Gasteiger partial charge in [0.25, 0.3) is 0 Å². The van der Waals surface area contributed by atoms with E-state index in [1.807, 2.05) is 44.2 Å². The van der Waals surface area contributed by atoms with Crippen LogP contribution in [-0.2, 0) is 0 Å². The summed E-state index contributed by atoms with van der Waals surface area (Å²) in [6.07, 6.45) is 0.716. The van der Waals surface area contributed by atoms with E-state index in [2.05, 4.69) is 0 Å². The molecule has 0 fully saturated rings. The standard InChI is InChI=1S/C15H14O3/c1-9-4-3-5-11-8-12(18-14(9)11)13(16)15-10(2)6-7-17-15/h3-8,13,16H,1-2H3. The second-order valence-corrected chi connectivity index (χ2v) is 4.51. The van der Waals surface area contributed by atoms with Gasteiger partial charge < -0.3 is 13.9 Å². The van der Waals surface area contributed by atoms with Gasteiger partial charge in [-0.2, -0.15) is 0 Å². The van der Waals surface area contributed by atoms with E-state index in [9.17, 15) is 5.11 Å². The fourth-order valence-electron chi connectivity index (χ4n) is 2.16. The van der Waals surface area contributed by atoms with Crippen molar-refractivity contribution in [2.45, 2.75) is 20.0 Å². The number of benzene rings is 1. The maximum absolute atomic E-state index is 10.3. The molecule has 1 N–H and O–H groups in total. The number of aryl methyl sites for hydroxylation is 2. The van der Waals surface area contributed by atoms with Gasteiger partial charge in [0.2, 0.25) is 0 Å². The number of hydrogen-bond acceptors (Lipinski definition) is 3. The van der Waals surface area contributed by atoms with E-state index in [0.29, 0.717) is 11.5 Å². The fourth-order valence-corrected chi connectivity index (χ4v) is 2.16. The van der Waals surface area contributed by atoms with E-state index >= 15 is 0 Å². The second kappa shape index (κ2) is 4.03. The molecule has 0 aliphatic carbocycles. The van der Waals surface area contributed by atoms with Crippen molar-refractivity contribution in [1.29, 1.82) is 0 Å². The van der Waals surface area contributed by atoms with Crippen molar-refractivity contribution >= 4 is 11.0 Å². The summed E-state index contributed by atoms with van der Waals surface area (Å²) in [5, 5.41) is 11.3. The molecule has 3 nitrogen and oxygen atoms in total. The summed E-state index contributed by atoms with van der Waals surface area (Å²) in [5.74, 6) is 1.05. The minimum absolute atomic E-state index is 0.511. The zero-order chi connectivity index (χ0) is 12.7. The van der Waals surface area contributed by atoms with Gasteiger partial charge in [-0.25, -0.2) is 0 Å². The lowest BCUT2D eigenvalue weighted by Gasteiger charge is -2.05. The van der Waals surface area contributed by atoms with Crippen molar-refractivity contribution < 1.29 is 13.9 Å². The quantitative estimate of drug-likeness (QED) is 0.744. The van der Waals surface area contributed by atoms with Crippen LogP contribution in [0.3, 0.4) is 0 Å². The molecule has 2 heterocycles. The van der Waals surface area contributed by atoms with Crippen LogP contribution in [0.4, 0.5) is 0 Å². The molecular formula is C15H14O3. The van der Waals surface area contributed by atoms with Gasteiger partial charge in [0, 0.05) is 5.39 Å². The molecule has 0 aliphatic heterocycles. The van der Waals surface area contributed by atoms with Crippen LogP contribution in [0.25, 0.3) is 11.0 Å². The average molecular weight is 242 g/mol. The number of fused-ring (bicyclic) bond motifs is 1. The van der Waals surface area contributed by atoms with Crippen LogP contribution in [0.1, 0.15) is 28.8 Å². The number of furan rings is 2. The zero-order valence-corrected chi connectivity index (χ0v) is 10.3. The number of hydrogen-bond donors (Lipinski definition) is 1. The van der Waals surface area contributed by atoms with Crippen LogP contribution in [0, 0.1) is 13.8 Å². The minimum Gasteiger partial charge on any atom is -0.466 e. The van der Waals surface area contributed by atoms with Crippen molar-refractivity contribution in [2.24, 2.45) is 0 Å². The fraction of sp³-hybridized carbons (Fsp3) is 0.200. The van der Waals surface area contributed by atoms with Crippen LogP contribution in [0.2, 0.25) is 0 Å². The molecule has 0 saturated carbocycles. The van der Waals surface area contributed by atoms with Crippen molar-refractivity contribution in [3.05, 3.63) is 59.2 Å². The number of para-hydroxylation sites is 1. The number of rotatable bonds is 2. The smallest absolute Gasteiger partial charge is 0.169 e. The van der Waals surface area contributed by atoms with E-state index in [-0.39, 0.29) is 0 Å². The summed E-state index contributed by atoms with van der Waals surface area (Å²) in [6.45, 7) is 3.89. The molecular weight excluding hydrogens is 228 g/mol. The van der Waals surface area contributed by atoms with Crippen LogP contribution < -0.4 is 0 Å². The zero-order valence-electron chi connectivity index (χ0n) is 10.3. The summed E-state index contributed by atoms with van der Waals surface area (Å²) in [7, 11) is 0. The summed E-state index contributed by atoms with van der Waals surface area (Å²) in [5.41, 5.74) is 2.79. The molecule has 18 heavy (non-hydrogen) atoms. The van der Waals surface area contributed by atoms with Gasteiger partial charge in [0.1, 0.15) is 17.1 Å². The van der Waals surface area contributed by atoms with E-state index in [1.54, 1.807) is 6.26 Å². The van der Waals surface area contributed by atoms with Crippen LogP contribution in [0.15, 0.2) is 45.4 Å². The summed E-state index contributed by atoms with van der Waals surface area (Å²) < 4.78 is 11.0. The second-order valence-electron chi connectivity index (χ2n) is 4.51. The van der Waals surface area contributed by atoms with Gasteiger partial charge in [-0.15, -0.1) is 0 Å². The lowest BCUT2D eigenvalue weighted by atomic mass is 10.1. The van der Waals surface area contributed by atoms with Gasteiger partial charge in [0.15, 0.2) is 6.10 Å². The summed E-state index contributed by atoms with van der Waals surface area (Å²) in [4.78, 5) is 0. The average Bonchev–Trinajstić information content (AvgIpc) is 2.95. The first kappa shape index (κ1) is 11.1. The summed E-state index contributed by atoms with van der Waals surface area (Å²) >= 11 is 0. The highest BCUT2D eigenvalue weighted by atomic mass is 16.4. The Kier molecular flexibility index (Phi) is 2.49. The molecule has 0 amide bonds. The molecule has 3 heteroatoms. The van der Waals surface area contributed by atoms with Crippen molar-refractivity contribution in [3.63, 3.8) is 0 Å². The predicted octanol–water partition coefficient (Wildman–Crippen LogP) is 3.72. The normalized spacial score (nSPS) is 13.1. The Morgan fingerprint density at radius 1 is 1.11 bits per heavy atom. The molecule has 0 spiro atoms. The van der Waals surface area contributed by atoms with Crippen molar-refractivity contribution in [1.82, 2.24) is 0 Å². The minimum atomic E-state index is -0.855. The molecule has 1 aromatic carbocycles. The van der Waals surface area contributed by atoms with Gasteiger partial charge in [-0.3, -0.25) is 0 Å². The largest absolute Gasteiger partial charge is 0.466 e. The van der Waals surface area contributed by atoms with E-state index in [0.717, 1.165) is 22.1 Å². The van der Waals surface area contributed by atoms with E-state index in [1.165, 1.54) is 0 Å². The third-order valence-electron chi connectivity index (χ3n) is 3.18. The molecule has 3 aromatic rings. The Hall–Kier alpha value is -2.00. The highest BCUT2D eigenvalue weighted by molar-refractivity contribution is 5.81. The van der Waals surface area contributed by atoms with Gasteiger partial charge >= 0.3 is 0 Å². The SMILES string of the molecule is Cc1ccoc1C(O)c1cc2cccc(C)c2o1. The van der Waals surface area contributed by atoms with Gasteiger partial charge in [-0.1, -0.05) is 18.2 Å². The van der Waals surface area contributed by atoms with Crippen LogP contribution in [0.5, 0.6) is 0 Å². The Balaban J connectivity index is 2.10. The first-order valence-electron chi connectivity index (χ1n) is 5.88. The molecule has 1 atom stereocenters. The molecule has 2 aromatic heterocycles. The maximum atomic E-state index is 10.3. The first-order valence-corrected chi connectivity index (χ1v) is 5.88. The van der Waals surface area contributed by atoms with E-state index in [4.69, 9.17) is 8.83 Å². The molecule has 0 saturated heterocycles. The van der Waals surface area contributed by atoms with Crippen molar-refractivity contribution in [3.8, 4) is 0 Å². The lowest BCUT2D eigenvalue weighted by Crippen LogP contribution is -1.97. The molecule has 92 valence electrons. The third-order valence-corrected chi connectivity index (χ3v) is 3.18. The Morgan fingerprint density at radius 3 is 2.61 bits per heavy atom. The lowest BCUT2D eigenvalue weighted by molar-refractivity contribution is 0.164. The first-order chi connectivity index (χ1) is 8.66. The molecule has 1 unspecified atom stereocenters.